The SMILES string of the molecule is O=S([O-])O.O=S([O-])O.O=S([O-])O.O=S([O-])O.O=S([O-])O.O=S([O-])O.O=S([O-])O.O=S([O-])O.O=S([O-])O.O=S([O-])O.O=S([O-])O.O=S([O-])O.O=S([O-])O.O=S([O-])O.O=S([O-])O.O=S([O-])O.O=S([O-])O.O=S([O-])O.O=S([O-])O.O=S([O-])O.O=S([O-])O.[Na+]. The summed E-state index contributed by atoms with van der Waals surface area (Å²) in [6, 6.07) is 0. The molecule has 85 heavy (non-hydrogen) atoms. The molecule has 0 aliphatic carbocycles. The summed E-state index contributed by atoms with van der Waals surface area (Å²) in [7, 11) is 0. The molecule has 0 aliphatic rings. The first-order chi connectivity index (χ1) is 36.4. The van der Waals surface area contributed by atoms with E-state index in [1.807, 2.05) is 0 Å². The van der Waals surface area contributed by atoms with E-state index in [4.69, 9.17) is 280 Å². The molecule has 63 nitrogen and oxygen atoms in total. The Morgan fingerprint density at radius 2 is 0.106 bits per heavy atom. The van der Waals surface area contributed by atoms with Gasteiger partial charge in [0, 0.05) is 0 Å². The van der Waals surface area contributed by atoms with Gasteiger partial charge in [-0.3, -0.25) is 0 Å². The first-order valence-electron chi connectivity index (χ1n) is 10.8. The largest absolute Gasteiger partial charge is 1.00 e. The summed E-state index contributed by atoms with van der Waals surface area (Å²) in [6.07, 6.45) is 0. The van der Waals surface area contributed by atoms with Crippen molar-refractivity contribution >= 4 is 239 Å². The fourth-order valence-corrected chi connectivity index (χ4v) is 0. The van der Waals surface area contributed by atoms with Crippen LogP contribution in [0.15, 0.2) is 0 Å². The molecule has 546 valence electrons. The van der Waals surface area contributed by atoms with E-state index in [9.17, 15) is 0 Å². The topological polar surface area (TPSA) is 1270 Å². The van der Waals surface area contributed by atoms with Gasteiger partial charge in [-0.15, -0.1) is 0 Å². The number of hydrogen-bond acceptors (Lipinski definition) is 42. The zero-order valence-electron chi connectivity index (χ0n) is 36.1. The van der Waals surface area contributed by atoms with Gasteiger partial charge in [-0.25, -0.2) is 88.4 Å². The smallest absolute Gasteiger partial charge is 0.750 e. The summed E-state index contributed by atoms with van der Waals surface area (Å²) in [6.45, 7) is 0. The van der Waals surface area contributed by atoms with Crippen LogP contribution in [0.1, 0.15) is 0 Å². The molecule has 0 spiro atoms. The molecular weight excluding hydrogens is 1700 g/mol. The minimum absolute atomic E-state index is 0. The van der Waals surface area contributed by atoms with Gasteiger partial charge in [0.1, 0.15) is 0 Å². The maximum absolute atomic E-state index is 8.56. The molecule has 0 bridgehead atoms. The fraction of sp³-hybridized carbons (Fsp3) is 0. The molecule has 0 fully saturated rings. The van der Waals surface area contributed by atoms with Gasteiger partial charge in [-0.2, -0.15) is 0 Å². The van der Waals surface area contributed by atoms with E-state index in [2.05, 4.69) is 0 Å². The number of hydrogen-bond donors (Lipinski definition) is 21. The van der Waals surface area contributed by atoms with Crippen LogP contribution in [-0.2, 0) is 239 Å². The third-order valence-corrected chi connectivity index (χ3v) is 0. The quantitative estimate of drug-likeness (QED) is 0.0791. The van der Waals surface area contributed by atoms with E-state index >= 15 is 0 Å². The van der Waals surface area contributed by atoms with Crippen molar-refractivity contribution in [1.82, 2.24) is 0 Å². The van der Waals surface area contributed by atoms with Gasteiger partial charge < -0.3 is 191 Å². The minimum Gasteiger partial charge on any atom is -0.750 e. The molecule has 0 rings (SSSR count). The molecule has 0 amide bonds. The molecule has 0 aromatic carbocycles. The molecule has 0 saturated carbocycles. The van der Waals surface area contributed by atoms with Crippen LogP contribution >= 0.6 is 0 Å². The fourth-order valence-electron chi connectivity index (χ4n) is 0. The summed E-state index contributed by atoms with van der Waals surface area (Å²) >= 11 is -60.1. The molecule has 0 saturated heterocycles. The predicted molar refractivity (Wildman–Crippen MR) is 243 cm³/mol. The maximum Gasteiger partial charge on any atom is 1.00 e. The monoisotopic (exact) mass is 1720 g/mol. The normalized spacial score (nSPS) is 15.3. The van der Waals surface area contributed by atoms with Crippen molar-refractivity contribution in [2.24, 2.45) is 0 Å². The van der Waals surface area contributed by atoms with Crippen LogP contribution in [0.3, 0.4) is 0 Å². The maximum atomic E-state index is 8.56. The second-order valence-corrected chi connectivity index (χ2v) is 13.7. The molecule has 0 aromatic heterocycles. The Kier molecular flexibility index (Phi) is 265. The van der Waals surface area contributed by atoms with E-state index in [-0.39, 0.29) is 29.6 Å². The van der Waals surface area contributed by atoms with Crippen molar-refractivity contribution in [1.29, 1.82) is 0 Å². The van der Waals surface area contributed by atoms with Gasteiger partial charge in [0.15, 0.2) is 0 Å². The third-order valence-electron chi connectivity index (χ3n) is 0. The van der Waals surface area contributed by atoms with Crippen LogP contribution < -0.4 is 29.6 Å². The summed E-state index contributed by atoms with van der Waals surface area (Å²) in [5.41, 5.74) is 0. The first-order valence-corrected chi connectivity index (χ1v) is 32.5. The molecule has 0 aromatic rings. The Morgan fingerprint density at radius 1 is 0.106 bits per heavy atom. The van der Waals surface area contributed by atoms with E-state index < -0.39 is 239 Å². The second-order valence-electron chi connectivity index (χ2n) is 4.56. The Labute approximate surface area is 542 Å². The van der Waals surface area contributed by atoms with Gasteiger partial charge in [-0.05, 0) is 0 Å². The summed E-state index contributed by atoms with van der Waals surface area (Å²) in [5, 5.41) is 0. The Morgan fingerprint density at radius 3 is 0.106 bits per heavy atom. The van der Waals surface area contributed by atoms with Gasteiger partial charge in [0.2, 0.25) is 0 Å². The van der Waals surface area contributed by atoms with Gasteiger partial charge in [0.05, 0.1) is 239 Å². The Hall–Kier alpha value is 2.47. The van der Waals surface area contributed by atoms with Crippen LogP contribution in [0.4, 0.5) is 0 Å². The van der Waals surface area contributed by atoms with Crippen LogP contribution in [0.25, 0.3) is 0 Å². The van der Waals surface area contributed by atoms with Crippen LogP contribution in [0.2, 0.25) is 0 Å². The number of rotatable bonds is 0. The molecule has 0 aliphatic heterocycles. The third kappa shape index (κ3) is 101000. The summed E-state index contributed by atoms with van der Waals surface area (Å²) in [5.74, 6) is 0. The molecule has 21 atom stereocenters. The van der Waals surface area contributed by atoms with E-state index in [1.165, 1.54) is 0 Å². The summed E-state index contributed by atoms with van der Waals surface area (Å²) in [4.78, 5) is 0. The van der Waals surface area contributed by atoms with Crippen molar-refractivity contribution in [2.75, 3.05) is 0 Å². The molecule has 0 heterocycles. The van der Waals surface area contributed by atoms with E-state index in [0.717, 1.165) is 0 Å². The zero-order chi connectivity index (χ0) is 75.1. The van der Waals surface area contributed by atoms with Crippen molar-refractivity contribution < 1.29 is 309 Å². The van der Waals surface area contributed by atoms with Crippen molar-refractivity contribution in [3.63, 3.8) is 0 Å². The molecular formula is H21NaO63S21-20. The second kappa shape index (κ2) is 147. The Balaban J connectivity index is -0.0000000245. The average molecular weight is 1730 g/mol. The van der Waals surface area contributed by atoms with Crippen LogP contribution in [0.5, 0.6) is 0 Å². The van der Waals surface area contributed by atoms with Gasteiger partial charge >= 0.3 is 29.6 Å². The van der Waals surface area contributed by atoms with Crippen molar-refractivity contribution in [3.8, 4) is 0 Å². The molecule has 21 N–H and O–H groups in total. The van der Waals surface area contributed by atoms with Gasteiger partial charge in [-0.1, -0.05) is 0 Å². The molecule has 85 heteroatoms. The van der Waals surface area contributed by atoms with Crippen LogP contribution in [-0.4, -0.2) is 280 Å². The minimum atomic E-state index is -2.86. The Bertz CT molecular complexity index is 1110. The van der Waals surface area contributed by atoms with Crippen LogP contribution in [0, 0.1) is 0 Å². The predicted octanol–water partition coefficient (Wildman–Crippen LogP) is -16.9. The summed E-state index contributed by atoms with van der Waals surface area (Å²) < 4.78 is 506. The van der Waals surface area contributed by atoms with Gasteiger partial charge in [0.25, 0.3) is 0 Å². The van der Waals surface area contributed by atoms with E-state index in [0.29, 0.717) is 0 Å². The van der Waals surface area contributed by atoms with Crippen molar-refractivity contribution in [3.05, 3.63) is 0 Å². The standard InChI is InChI=1S/Na.21H2O3S/c;21*1-4(2)3/h;21*(H2,1,2,3)/q+1;;;;;;;;;;;;;;;;;;;;;/p-21. The van der Waals surface area contributed by atoms with E-state index in [1.54, 1.807) is 0 Å². The molecule has 21 unspecified atom stereocenters. The first kappa shape index (κ1) is 153. The molecule has 0 radical (unpaired) electrons. The van der Waals surface area contributed by atoms with Crippen molar-refractivity contribution in [2.45, 2.75) is 0 Å². The zero-order valence-corrected chi connectivity index (χ0v) is 55.3. The average Bonchev–Trinajstić information content (AvgIpc) is 3.03.